The van der Waals surface area contributed by atoms with E-state index in [1.54, 1.807) is 36.4 Å². The van der Waals surface area contributed by atoms with Crippen LogP contribution in [-0.2, 0) is 10.0 Å². The molecule has 0 amide bonds. The number of nitrogens with one attached hydrogen (secondary N) is 2. The maximum absolute atomic E-state index is 12.2. The Morgan fingerprint density at radius 3 is 2.67 bits per heavy atom. The highest BCUT2D eigenvalue weighted by Crippen LogP contribution is 2.32. The molecule has 7 nitrogen and oxygen atoms in total. The van der Waals surface area contributed by atoms with Crippen molar-refractivity contribution in [2.75, 3.05) is 6.79 Å². The molecule has 4 rings (SSSR count). The molecule has 0 saturated heterocycles. The molecule has 2 heterocycles. The Morgan fingerprint density at radius 2 is 1.85 bits per heavy atom. The van der Waals surface area contributed by atoms with E-state index in [1.165, 1.54) is 18.3 Å². The summed E-state index contributed by atoms with van der Waals surface area (Å²) >= 11 is 1.15. The van der Waals surface area contributed by atoms with Crippen LogP contribution >= 0.6 is 11.3 Å². The fourth-order valence-corrected chi connectivity index (χ4v) is 4.31. The number of fused-ring (bicyclic) bond motifs is 1. The zero-order valence-corrected chi connectivity index (χ0v) is 15.5. The van der Waals surface area contributed by atoms with Crippen LogP contribution in [0.1, 0.15) is 5.56 Å². The number of H-pyrrole nitrogens is 1. The number of ether oxygens (including phenoxy) is 2. The van der Waals surface area contributed by atoms with Crippen LogP contribution in [0.25, 0.3) is 12.3 Å². The van der Waals surface area contributed by atoms with Gasteiger partial charge >= 0.3 is 0 Å². The van der Waals surface area contributed by atoms with Crippen LogP contribution in [0.5, 0.6) is 11.5 Å². The summed E-state index contributed by atoms with van der Waals surface area (Å²) in [6.45, 7) is 0.180. The lowest BCUT2D eigenvalue weighted by Gasteiger charge is -2.02. The maximum atomic E-state index is 12.2. The smallest absolute Gasteiger partial charge is 0.266 e. The average Bonchev–Trinajstić information content (AvgIpc) is 3.27. The van der Waals surface area contributed by atoms with Gasteiger partial charge in [0.15, 0.2) is 11.5 Å². The summed E-state index contributed by atoms with van der Waals surface area (Å²) in [5, 5.41) is 0. The highest BCUT2D eigenvalue weighted by atomic mass is 32.2. The van der Waals surface area contributed by atoms with E-state index in [9.17, 15) is 13.2 Å². The summed E-state index contributed by atoms with van der Waals surface area (Å²) < 4.78 is 38.3. The maximum Gasteiger partial charge on any atom is 0.266 e. The van der Waals surface area contributed by atoms with E-state index in [0.717, 1.165) is 16.9 Å². The molecule has 0 unspecified atom stereocenters. The van der Waals surface area contributed by atoms with Crippen LogP contribution in [-0.4, -0.2) is 20.2 Å². The SMILES string of the molecule is O=c1[nH]c(=CNS(=O)(=O)c2ccccc2)sc1=Cc1ccc2c(c1)OCO2. The molecular formula is C18H14N2O5S2. The number of aromatic nitrogens is 1. The second kappa shape index (κ2) is 6.93. The van der Waals surface area contributed by atoms with E-state index >= 15 is 0 Å². The molecule has 0 saturated carbocycles. The topological polar surface area (TPSA) is 97.5 Å². The number of hydrogen-bond acceptors (Lipinski definition) is 6. The standard InChI is InChI=1S/C18H14N2O5S2/c21-18-16(9-12-6-7-14-15(8-12)25-11-24-14)26-17(20-18)10-19-27(22,23)13-4-2-1-3-5-13/h1-10,19H,11H2,(H,20,21). The lowest BCUT2D eigenvalue weighted by molar-refractivity contribution is 0.174. The molecule has 0 spiro atoms. The number of benzene rings is 2. The van der Waals surface area contributed by atoms with Gasteiger partial charge in [-0.2, -0.15) is 0 Å². The minimum atomic E-state index is -3.69. The minimum Gasteiger partial charge on any atom is -0.454 e. The minimum absolute atomic E-state index is 0.146. The van der Waals surface area contributed by atoms with Gasteiger partial charge in [-0.3, -0.25) is 9.52 Å². The molecule has 2 aromatic carbocycles. The Bertz CT molecular complexity index is 1260. The van der Waals surface area contributed by atoms with Gasteiger partial charge < -0.3 is 14.5 Å². The van der Waals surface area contributed by atoms with Crippen LogP contribution < -0.4 is 29.0 Å². The first-order valence-electron chi connectivity index (χ1n) is 7.89. The number of hydrogen-bond donors (Lipinski definition) is 2. The summed E-state index contributed by atoms with van der Waals surface area (Å²) in [4.78, 5) is 14.9. The molecule has 0 atom stereocenters. The first kappa shape index (κ1) is 17.4. The zero-order chi connectivity index (χ0) is 18.9. The van der Waals surface area contributed by atoms with Gasteiger partial charge in [-0.05, 0) is 35.9 Å². The van der Waals surface area contributed by atoms with Gasteiger partial charge in [-0.1, -0.05) is 24.3 Å². The fraction of sp³-hybridized carbons (Fsp3) is 0.0556. The van der Waals surface area contributed by atoms with E-state index in [0.29, 0.717) is 20.7 Å². The van der Waals surface area contributed by atoms with E-state index in [2.05, 4.69) is 9.71 Å². The second-order valence-corrected chi connectivity index (χ2v) is 8.42. The molecule has 9 heteroatoms. The molecular weight excluding hydrogens is 388 g/mol. The molecule has 3 aromatic rings. The van der Waals surface area contributed by atoms with E-state index in [4.69, 9.17) is 9.47 Å². The molecule has 1 aliphatic heterocycles. The summed E-state index contributed by atoms with van der Waals surface area (Å²) in [5.41, 5.74) is 0.478. The Hall–Kier alpha value is -3.04. The zero-order valence-electron chi connectivity index (χ0n) is 13.8. The molecule has 0 bridgehead atoms. The van der Waals surface area contributed by atoms with E-state index in [-0.39, 0.29) is 17.2 Å². The Balaban J connectivity index is 1.64. The largest absolute Gasteiger partial charge is 0.454 e. The van der Waals surface area contributed by atoms with Crippen LogP contribution in [0.2, 0.25) is 0 Å². The number of thiazole rings is 1. The lowest BCUT2D eigenvalue weighted by atomic mass is 10.2. The third-order valence-corrected chi connectivity index (χ3v) is 6.06. The van der Waals surface area contributed by atoms with E-state index in [1.807, 2.05) is 6.07 Å². The summed E-state index contributed by atoms with van der Waals surface area (Å²) in [6, 6.07) is 13.4. The third-order valence-electron chi connectivity index (χ3n) is 3.77. The van der Waals surface area contributed by atoms with Crippen LogP contribution in [0.3, 0.4) is 0 Å². The van der Waals surface area contributed by atoms with Crippen molar-refractivity contribution < 1.29 is 17.9 Å². The molecule has 138 valence electrons. The van der Waals surface area contributed by atoms with Crippen molar-refractivity contribution in [1.29, 1.82) is 0 Å². The van der Waals surface area contributed by atoms with Crippen molar-refractivity contribution in [2.45, 2.75) is 4.90 Å². The number of sulfonamides is 1. The van der Waals surface area contributed by atoms with Gasteiger partial charge in [0, 0.05) is 6.20 Å². The van der Waals surface area contributed by atoms with E-state index < -0.39 is 10.0 Å². The van der Waals surface area contributed by atoms with Gasteiger partial charge in [0.1, 0.15) is 4.66 Å². The molecule has 1 aromatic heterocycles. The highest BCUT2D eigenvalue weighted by Gasteiger charge is 2.13. The Labute approximate surface area is 158 Å². The van der Waals surface area contributed by atoms with Crippen molar-refractivity contribution in [2.24, 2.45) is 0 Å². The highest BCUT2D eigenvalue weighted by molar-refractivity contribution is 7.89. The van der Waals surface area contributed by atoms with Crippen molar-refractivity contribution in [3.05, 3.63) is 73.6 Å². The summed E-state index contributed by atoms with van der Waals surface area (Å²) in [7, 11) is -3.69. The molecule has 0 fully saturated rings. The van der Waals surface area contributed by atoms with Gasteiger partial charge in [-0.25, -0.2) is 8.42 Å². The monoisotopic (exact) mass is 402 g/mol. The molecule has 2 N–H and O–H groups in total. The summed E-state index contributed by atoms with van der Waals surface area (Å²) in [6.07, 6.45) is 2.97. The van der Waals surface area contributed by atoms with Crippen molar-refractivity contribution in [3.8, 4) is 11.5 Å². The predicted octanol–water partition coefficient (Wildman–Crippen LogP) is 0.710. The normalized spacial score (nSPS) is 14.5. The first-order chi connectivity index (χ1) is 13.0. The van der Waals surface area contributed by atoms with Crippen LogP contribution in [0.15, 0.2) is 58.2 Å². The van der Waals surface area contributed by atoms with Gasteiger partial charge in [-0.15, -0.1) is 11.3 Å². The quantitative estimate of drug-likeness (QED) is 0.670. The molecule has 0 radical (unpaired) electrons. The van der Waals surface area contributed by atoms with Crippen molar-refractivity contribution in [1.82, 2.24) is 9.71 Å². The summed E-state index contributed by atoms with van der Waals surface area (Å²) in [5.74, 6) is 1.29. The third kappa shape index (κ3) is 3.74. The second-order valence-electron chi connectivity index (χ2n) is 5.62. The van der Waals surface area contributed by atoms with Crippen molar-refractivity contribution in [3.63, 3.8) is 0 Å². The van der Waals surface area contributed by atoms with Crippen LogP contribution in [0.4, 0.5) is 0 Å². The van der Waals surface area contributed by atoms with Crippen LogP contribution in [0, 0.1) is 0 Å². The fourth-order valence-electron chi connectivity index (χ4n) is 2.48. The molecule has 0 aliphatic carbocycles. The Kier molecular flexibility index (Phi) is 4.46. The van der Waals surface area contributed by atoms with Gasteiger partial charge in [0.05, 0.1) is 9.43 Å². The van der Waals surface area contributed by atoms with Crippen molar-refractivity contribution >= 4 is 33.6 Å². The average molecular weight is 402 g/mol. The Morgan fingerprint density at radius 1 is 1.07 bits per heavy atom. The predicted molar refractivity (Wildman–Crippen MR) is 102 cm³/mol. The van der Waals surface area contributed by atoms with Gasteiger partial charge in [0.2, 0.25) is 6.79 Å². The number of aromatic amines is 1. The molecule has 1 aliphatic rings. The lowest BCUT2D eigenvalue weighted by Crippen LogP contribution is -2.22. The van der Waals surface area contributed by atoms with Gasteiger partial charge in [0.25, 0.3) is 15.6 Å². The number of rotatable bonds is 4. The molecule has 27 heavy (non-hydrogen) atoms. The first-order valence-corrected chi connectivity index (χ1v) is 10.2.